The second-order valence-corrected chi connectivity index (χ2v) is 6.95. The molecular formula is C16H20FN3S. The lowest BCUT2D eigenvalue weighted by Gasteiger charge is -2.21. The third-order valence-corrected chi connectivity index (χ3v) is 3.80. The fraction of sp³-hybridized carbons (Fsp3) is 0.375. The van der Waals surface area contributed by atoms with Crippen LogP contribution in [0, 0.1) is 12.7 Å². The lowest BCUT2D eigenvalue weighted by molar-refractivity contribution is 0.422. The van der Waals surface area contributed by atoms with Crippen LogP contribution in [-0.4, -0.2) is 15.5 Å². The maximum absolute atomic E-state index is 13.5. The van der Waals surface area contributed by atoms with Gasteiger partial charge in [0.2, 0.25) is 0 Å². The van der Waals surface area contributed by atoms with Crippen LogP contribution in [-0.2, 0) is 6.54 Å². The van der Waals surface area contributed by atoms with Gasteiger partial charge < -0.3 is 5.32 Å². The molecule has 5 heteroatoms. The van der Waals surface area contributed by atoms with Crippen molar-refractivity contribution < 1.29 is 4.39 Å². The van der Waals surface area contributed by atoms with Crippen LogP contribution in [0.5, 0.6) is 0 Å². The molecule has 1 aromatic heterocycles. The summed E-state index contributed by atoms with van der Waals surface area (Å²) < 4.78 is 13.5. The Kier molecular flexibility index (Phi) is 4.96. The summed E-state index contributed by atoms with van der Waals surface area (Å²) in [7, 11) is 0. The Morgan fingerprint density at radius 2 is 2.00 bits per heavy atom. The molecule has 21 heavy (non-hydrogen) atoms. The molecule has 0 aliphatic carbocycles. The van der Waals surface area contributed by atoms with E-state index < -0.39 is 0 Å². The number of nitrogens with one attached hydrogen (secondary N) is 1. The standard InChI is InChI=1S/C16H20FN3S/c1-11-7-8-18-15(20-11)21-14-6-5-13(17)9-12(14)10-19-16(2,3)4/h5-9,19H,10H2,1-4H3. The van der Waals surface area contributed by atoms with Crippen molar-refractivity contribution in [3.8, 4) is 0 Å². The van der Waals surface area contributed by atoms with Crippen molar-refractivity contribution in [3.05, 3.63) is 47.5 Å². The molecule has 1 aromatic carbocycles. The molecule has 0 bridgehead atoms. The average Bonchev–Trinajstić information content (AvgIpc) is 2.38. The van der Waals surface area contributed by atoms with Crippen LogP contribution in [0.25, 0.3) is 0 Å². The summed E-state index contributed by atoms with van der Waals surface area (Å²) in [5.74, 6) is -0.227. The van der Waals surface area contributed by atoms with E-state index >= 15 is 0 Å². The summed E-state index contributed by atoms with van der Waals surface area (Å²) in [5.41, 5.74) is 1.82. The van der Waals surface area contributed by atoms with E-state index in [2.05, 4.69) is 36.1 Å². The van der Waals surface area contributed by atoms with Crippen LogP contribution < -0.4 is 5.32 Å². The van der Waals surface area contributed by atoms with Crippen molar-refractivity contribution in [1.29, 1.82) is 0 Å². The third-order valence-electron chi connectivity index (χ3n) is 2.81. The van der Waals surface area contributed by atoms with E-state index in [1.165, 1.54) is 17.8 Å². The quantitative estimate of drug-likeness (QED) is 0.868. The average molecular weight is 305 g/mol. The van der Waals surface area contributed by atoms with Gasteiger partial charge in [0.25, 0.3) is 0 Å². The molecule has 0 fully saturated rings. The number of hydrogen-bond donors (Lipinski definition) is 1. The fourth-order valence-corrected chi connectivity index (χ4v) is 2.62. The summed E-state index contributed by atoms with van der Waals surface area (Å²) in [6.45, 7) is 8.79. The lowest BCUT2D eigenvalue weighted by Crippen LogP contribution is -2.35. The van der Waals surface area contributed by atoms with E-state index in [-0.39, 0.29) is 11.4 Å². The highest BCUT2D eigenvalue weighted by molar-refractivity contribution is 7.99. The first-order valence-corrected chi connectivity index (χ1v) is 7.66. The second kappa shape index (κ2) is 6.54. The van der Waals surface area contributed by atoms with Crippen molar-refractivity contribution in [3.63, 3.8) is 0 Å². The fourth-order valence-electron chi connectivity index (χ4n) is 1.72. The minimum atomic E-state index is -0.227. The van der Waals surface area contributed by atoms with Gasteiger partial charge in [-0.25, -0.2) is 14.4 Å². The summed E-state index contributed by atoms with van der Waals surface area (Å²) in [5, 5.41) is 4.06. The van der Waals surface area contributed by atoms with E-state index in [1.54, 1.807) is 18.3 Å². The van der Waals surface area contributed by atoms with Gasteiger partial charge >= 0.3 is 0 Å². The number of aromatic nitrogens is 2. The number of benzene rings is 1. The van der Waals surface area contributed by atoms with Crippen LogP contribution in [0.4, 0.5) is 4.39 Å². The molecule has 0 saturated heterocycles. The summed E-state index contributed by atoms with van der Waals surface area (Å²) in [6, 6.07) is 6.68. The number of halogens is 1. The highest BCUT2D eigenvalue weighted by Crippen LogP contribution is 2.28. The molecule has 0 spiro atoms. The summed E-state index contributed by atoms with van der Waals surface area (Å²) >= 11 is 1.46. The Morgan fingerprint density at radius 3 is 2.67 bits per heavy atom. The predicted molar refractivity (Wildman–Crippen MR) is 83.9 cm³/mol. The van der Waals surface area contributed by atoms with Gasteiger partial charge in [-0.05, 0) is 69.3 Å². The van der Waals surface area contributed by atoms with E-state index in [9.17, 15) is 4.39 Å². The molecule has 1 N–H and O–H groups in total. The van der Waals surface area contributed by atoms with Crippen molar-refractivity contribution in [2.45, 2.75) is 49.8 Å². The zero-order valence-electron chi connectivity index (χ0n) is 12.8. The molecule has 112 valence electrons. The molecule has 0 amide bonds. The summed E-state index contributed by atoms with van der Waals surface area (Å²) in [6.07, 6.45) is 1.74. The van der Waals surface area contributed by atoms with Crippen molar-refractivity contribution in [2.75, 3.05) is 0 Å². The molecule has 0 aliphatic rings. The van der Waals surface area contributed by atoms with Crippen molar-refractivity contribution in [2.24, 2.45) is 0 Å². The first kappa shape index (κ1) is 15.9. The molecule has 2 aromatic rings. The molecule has 0 aliphatic heterocycles. The highest BCUT2D eigenvalue weighted by Gasteiger charge is 2.12. The molecule has 0 atom stereocenters. The zero-order chi connectivity index (χ0) is 15.5. The van der Waals surface area contributed by atoms with E-state index in [4.69, 9.17) is 0 Å². The molecule has 1 heterocycles. The Balaban J connectivity index is 2.22. The Labute approximate surface area is 129 Å². The Hall–Kier alpha value is -1.46. The SMILES string of the molecule is Cc1ccnc(Sc2ccc(F)cc2CNC(C)(C)C)n1. The van der Waals surface area contributed by atoms with Gasteiger partial charge in [0.05, 0.1) is 0 Å². The van der Waals surface area contributed by atoms with Crippen LogP contribution in [0.2, 0.25) is 0 Å². The molecule has 0 unspecified atom stereocenters. The molecule has 0 saturated carbocycles. The number of aryl methyl sites for hydroxylation is 1. The number of rotatable bonds is 4. The van der Waals surface area contributed by atoms with Gasteiger partial charge in [0, 0.05) is 28.9 Å². The summed E-state index contributed by atoms with van der Waals surface area (Å²) in [4.78, 5) is 9.59. The van der Waals surface area contributed by atoms with Gasteiger partial charge in [0.1, 0.15) is 5.82 Å². The molecule has 0 radical (unpaired) electrons. The van der Waals surface area contributed by atoms with Crippen molar-refractivity contribution >= 4 is 11.8 Å². The second-order valence-electron chi connectivity index (χ2n) is 5.94. The topological polar surface area (TPSA) is 37.8 Å². The monoisotopic (exact) mass is 305 g/mol. The first-order valence-electron chi connectivity index (χ1n) is 6.84. The first-order chi connectivity index (χ1) is 9.83. The minimum absolute atomic E-state index is 0.0198. The van der Waals surface area contributed by atoms with Gasteiger partial charge in [-0.15, -0.1) is 0 Å². The largest absolute Gasteiger partial charge is 0.308 e. The number of hydrogen-bond acceptors (Lipinski definition) is 4. The molecule has 3 nitrogen and oxygen atoms in total. The van der Waals surface area contributed by atoms with Crippen LogP contribution in [0.3, 0.4) is 0 Å². The minimum Gasteiger partial charge on any atom is -0.308 e. The van der Waals surface area contributed by atoms with Gasteiger partial charge in [-0.2, -0.15) is 0 Å². The zero-order valence-corrected chi connectivity index (χ0v) is 13.6. The van der Waals surface area contributed by atoms with Gasteiger partial charge in [0.15, 0.2) is 5.16 Å². The van der Waals surface area contributed by atoms with E-state index in [1.807, 2.05) is 13.0 Å². The third kappa shape index (κ3) is 5.10. The van der Waals surface area contributed by atoms with Crippen molar-refractivity contribution in [1.82, 2.24) is 15.3 Å². The smallest absolute Gasteiger partial charge is 0.192 e. The maximum atomic E-state index is 13.5. The van der Waals surface area contributed by atoms with Gasteiger partial charge in [-0.1, -0.05) is 0 Å². The van der Waals surface area contributed by atoms with Crippen LogP contribution in [0.1, 0.15) is 32.0 Å². The highest BCUT2D eigenvalue weighted by atomic mass is 32.2. The molecular weight excluding hydrogens is 285 g/mol. The maximum Gasteiger partial charge on any atom is 0.192 e. The molecule has 2 rings (SSSR count). The normalized spacial score (nSPS) is 11.7. The van der Waals surface area contributed by atoms with E-state index in [0.29, 0.717) is 11.7 Å². The lowest BCUT2D eigenvalue weighted by atomic mass is 10.1. The van der Waals surface area contributed by atoms with Crippen LogP contribution >= 0.6 is 11.8 Å². The Morgan fingerprint density at radius 1 is 1.24 bits per heavy atom. The predicted octanol–water partition coefficient (Wildman–Crippen LogP) is 3.96. The van der Waals surface area contributed by atoms with Gasteiger partial charge in [-0.3, -0.25) is 0 Å². The Bertz CT molecular complexity index is 623. The number of nitrogens with zero attached hydrogens (tertiary/aromatic N) is 2. The van der Waals surface area contributed by atoms with Crippen LogP contribution in [0.15, 0.2) is 40.5 Å². The van der Waals surface area contributed by atoms with E-state index in [0.717, 1.165) is 16.2 Å².